The highest BCUT2D eigenvalue weighted by atomic mass is 16.5. The second-order valence-electron chi connectivity index (χ2n) is 7.51. The first kappa shape index (κ1) is 25.1. The van der Waals surface area contributed by atoms with E-state index in [9.17, 15) is 14.7 Å². The molecule has 0 aliphatic carbocycles. The molecular weight excluding hydrogens is 438 g/mol. The van der Waals surface area contributed by atoms with Crippen molar-refractivity contribution in [3.05, 3.63) is 59.2 Å². The van der Waals surface area contributed by atoms with Crippen LogP contribution in [0.5, 0.6) is 17.2 Å². The van der Waals surface area contributed by atoms with Crippen LogP contribution in [0, 0.1) is 0 Å². The van der Waals surface area contributed by atoms with Crippen LogP contribution < -0.4 is 14.2 Å². The number of aliphatic hydroxyl groups excluding tert-OH is 1. The number of aliphatic hydroxyl groups is 1. The van der Waals surface area contributed by atoms with E-state index in [0.29, 0.717) is 48.2 Å². The number of Topliss-reactive ketones (excluding diaryl/α,β-unsaturated/α-hetero) is 1. The number of carbonyl (C=O) groups excluding carboxylic acids is 2. The third kappa shape index (κ3) is 5.17. The number of rotatable bonds is 11. The Kier molecular flexibility index (Phi) is 8.54. The molecule has 1 saturated heterocycles. The zero-order valence-electron chi connectivity index (χ0n) is 20.0. The molecule has 2 aromatic rings. The minimum Gasteiger partial charge on any atom is -0.507 e. The molecule has 0 bridgehead atoms. The SMILES string of the molecule is CCOc1cccc(C2/C(=C(/O)c3ccc(OCC)cc3OCC)C(=O)C(=O)N2CCOC)c1. The number of ketones is 1. The van der Waals surface area contributed by atoms with Crippen LogP contribution in [0.2, 0.25) is 0 Å². The third-order valence-corrected chi connectivity index (χ3v) is 5.38. The Morgan fingerprint density at radius 3 is 2.26 bits per heavy atom. The summed E-state index contributed by atoms with van der Waals surface area (Å²) in [6.07, 6.45) is 0. The molecular formula is C26H31NO7. The Morgan fingerprint density at radius 2 is 1.62 bits per heavy atom. The minimum atomic E-state index is -0.809. The van der Waals surface area contributed by atoms with Crippen LogP contribution in [0.3, 0.4) is 0 Å². The quantitative estimate of drug-likeness (QED) is 0.302. The topological polar surface area (TPSA) is 94.5 Å². The summed E-state index contributed by atoms with van der Waals surface area (Å²) in [6.45, 7) is 7.27. The largest absolute Gasteiger partial charge is 0.507 e. The minimum absolute atomic E-state index is 0.0140. The lowest BCUT2D eigenvalue weighted by Crippen LogP contribution is -2.32. The monoisotopic (exact) mass is 469 g/mol. The van der Waals surface area contributed by atoms with Crippen molar-refractivity contribution < 1.29 is 33.6 Å². The molecule has 0 aromatic heterocycles. The van der Waals surface area contributed by atoms with E-state index in [0.717, 1.165) is 0 Å². The first-order valence-corrected chi connectivity index (χ1v) is 11.4. The number of benzene rings is 2. The van der Waals surface area contributed by atoms with Crippen molar-refractivity contribution in [3.8, 4) is 17.2 Å². The van der Waals surface area contributed by atoms with Gasteiger partial charge in [-0.2, -0.15) is 0 Å². The number of ether oxygens (including phenoxy) is 4. The number of hydrogen-bond acceptors (Lipinski definition) is 7. The van der Waals surface area contributed by atoms with Gasteiger partial charge in [0.15, 0.2) is 0 Å². The van der Waals surface area contributed by atoms with Gasteiger partial charge in [0, 0.05) is 19.7 Å². The maximum atomic E-state index is 13.2. The number of nitrogens with zero attached hydrogens (tertiary/aromatic N) is 1. The average Bonchev–Trinajstić information content (AvgIpc) is 3.08. The molecule has 1 amide bonds. The molecule has 8 heteroatoms. The Labute approximate surface area is 199 Å². The van der Waals surface area contributed by atoms with Gasteiger partial charge in [-0.05, 0) is 50.6 Å². The summed E-state index contributed by atoms with van der Waals surface area (Å²) in [6, 6.07) is 11.3. The van der Waals surface area contributed by atoms with Gasteiger partial charge in [-0.3, -0.25) is 9.59 Å². The summed E-state index contributed by atoms with van der Waals surface area (Å²) >= 11 is 0. The van der Waals surface area contributed by atoms with E-state index < -0.39 is 17.7 Å². The predicted molar refractivity (Wildman–Crippen MR) is 127 cm³/mol. The van der Waals surface area contributed by atoms with E-state index in [-0.39, 0.29) is 24.5 Å². The van der Waals surface area contributed by atoms with E-state index in [1.54, 1.807) is 42.5 Å². The van der Waals surface area contributed by atoms with E-state index >= 15 is 0 Å². The molecule has 34 heavy (non-hydrogen) atoms. The van der Waals surface area contributed by atoms with Crippen LogP contribution in [-0.2, 0) is 14.3 Å². The predicted octanol–water partition coefficient (Wildman–Crippen LogP) is 3.95. The molecule has 2 aromatic carbocycles. The summed E-state index contributed by atoms with van der Waals surface area (Å²) < 4.78 is 22.0. The number of likely N-dealkylation sites (tertiary alicyclic amines) is 1. The molecule has 0 radical (unpaired) electrons. The Morgan fingerprint density at radius 1 is 0.941 bits per heavy atom. The standard InChI is InChI=1S/C26H31NO7/c1-5-32-18-10-8-9-17(15-18)23-22(25(29)26(30)27(23)13-14-31-4)24(28)20-12-11-19(33-6-2)16-21(20)34-7-3/h8-12,15-16,23,28H,5-7,13-14H2,1-4H3/b24-22-. The van der Waals surface area contributed by atoms with Crippen molar-refractivity contribution in [2.45, 2.75) is 26.8 Å². The van der Waals surface area contributed by atoms with Crippen molar-refractivity contribution in [2.24, 2.45) is 0 Å². The van der Waals surface area contributed by atoms with Crippen LogP contribution in [0.25, 0.3) is 5.76 Å². The van der Waals surface area contributed by atoms with Crippen LogP contribution in [-0.4, -0.2) is 61.8 Å². The molecule has 1 aliphatic heterocycles. The highest BCUT2D eigenvalue weighted by Crippen LogP contribution is 2.42. The van der Waals surface area contributed by atoms with Crippen molar-refractivity contribution >= 4 is 17.4 Å². The van der Waals surface area contributed by atoms with E-state index in [4.69, 9.17) is 18.9 Å². The zero-order valence-corrected chi connectivity index (χ0v) is 20.0. The lowest BCUT2D eigenvalue weighted by atomic mass is 9.94. The fraction of sp³-hybridized carbons (Fsp3) is 0.385. The van der Waals surface area contributed by atoms with E-state index in [1.807, 2.05) is 20.8 Å². The Hall–Kier alpha value is -3.52. The van der Waals surface area contributed by atoms with Gasteiger partial charge in [0.25, 0.3) is 11.7 Å². The molecule has 1 heterocycles. The maximum Gasteiger partial charge on any atom is 0.295 e. The highest BCUT2D eigenvalue weighted by molar-refractivity contribution is 6.46. The lowest BCUT2D eigenvalue weighted by Gasteiger charge is -2.25. The van der Waals surface area contributed by atoms with E-state index in [1.165, 1.54) is 12.0 Å². The normalized spacial score (nSPS) is 17.2. The molecule has 8 nitrogen and oxygen atoms in total. The number of amides is 1. The third-order valence-electron chi connectivity index (χ3n) is 5.38. The van der Waals surface area contributed by atoms with Gasteiger partial charge in [0.2, 0.25) is 0 Å². The molecule has 1 N–H and O–H groups in total. The van der Waals surface area contributed by atoms with Crippen LogP contribution in [0.1, 0.15) is 37.9 Å². The van der Waals surface area contributed by atoms with Gasteiger partial charge in [0.1, 0.15) is 23.0 Å². The first-order chi connectivity index (χ1) is 16.5. The number of hydrogen-bond donors (Lipinski definition) is 1. The van der Waals surface area contributed by atoms with Crippen LogP contribution >= 0.6 is 0 Å². The second-order valence-corrected chi connectivity index (χ2v) is 7.51. The van der Waals surface area contributed by atoms with E-state index in [2.05, 4.69) is 0 Å². The van der Waals surface area contributed by atoms with Gasteiger partial charge < -0.3 is 29.0 Å². The molecule has 182 valence electrons. The van der Waals surface area contributed by atoms with Gasteiger partial charge in [-0.25, -0.2) is 0 Å². The van der Waals surface area contributed by atoms with Crippen LogP contribution in [0.4, 0.5) is 0 Å². The molecule has 3 rings (SSSR count). The molecule has 0 spiro atoms. The molecule has 1 aliphatic rings. The van der Waals surface area contributed by atoms with Crippen molar-refractivity contribution in [2.75, 3.05) is 40.1 Å². The summed E-state index contributed by atoms with van der Waals surface area (Å²) in [5.74, 6) is -0.240. The second kappa shape index (κ2) is 11.6. The van der Waals surface area contributed by atoms with Crippen molar-refractivity contribution in [1.29, 1.82) is 0 Å². The Bertz CT molecular complexity index is 1060. The fourth-order valence-corrected chi connectivity index (χ4v) is 3.96. The molecule has 1 unspecified atom stereocenters. The average molecular weight is 470 g/mol. The first-order valence-electron chi connectivity index (χ1n) is 11.4. The smallest absolute Gasteiger partial charge is 0.295 e. The maximum absolute atomic E-state index is 13.2. The molecule has 1 atom stereocenters. The summed E-state index contributed by atoms with van der Waals surface area (Å²) in [5.41, 5.74) is 0.938. The highest BCUT2D eigenvalue weighted by Gasteiger charge is 2.46. The molecule has 0 saturated carbocycles. The fourth-order valence-electron chi connectivity index (χ4n) is 3.96. The Balaban J connectivity index is 2.19. The van der Waals surface area contributed by atoms with Gasteiger partial charge in [-0.15, -0.1) is 0 Å². The summed E-state index contributed by atoms with van der Waals surface area (Å²) in [4.78, 5) is 27.6. The lowest BCUT2D eigenvalue weighted by molar-refractivity contribution is -0.140. The number of methoxy groups -OCH3 is 1. The van der Waals surface area contributed by atoms with Crippen molar-refractivity contribution in [3.63, 3.8) is 0 Å². The molecule has 1 fully saturated rings. The van der Waals surface area contributed by atoms with Crippen LogP contribution in [0.15, 0.2) is 48.0 Å². The summed E-state index contributed by atoms with van der Waals surface area (Å²) in [5, 5.41) is 11.4. The number of carbonyl (C=O) groups is 2. The van der Waals surface area contributed by atoms with Crippen molar-refractivity contribution in [1.82, 2.24) is 4.90 Å². The zero-order chi connectivity index (χ0) is 24.7. The summed E-state index contributed by atoms with van der Waals surface area (Å²) in [7, 11) is 1.52. The van der Waals surface area contributed by atoms with Gasteiger partial charge in [-0.1, -0.05) is 12.1 Å². The van der Waals surface area contributed by atoms with Gasteiger partial charge in [0.05, 0.1) is 43.6 Å². The van der Waals surface area contributed by atoms with Gasteiger partial charge >= 0.3 is 0 Å².